The Kier molecular flexibility index (Phi) is 6.11. The van der Waals surface area contributed by atoms with Gasteiger partial charge < -0.3 is 10.5 Å². The van der Waals surface area contributed by atoms with E-state index in [0.29, 0.717) is 16.6 Å². The molecule has 3 aromatic rings. The number of rotatable bonds is 6. The molecule has 0 amide bonds. The zero-order valence-electron chi connectivity index (χ0n) is 13.6. The van der Waals surface area contributed by atoms with Gasteiger partial charge in [0.25, 0.3) is 0 Å². The standard InChI is InChI=1S/C21H19Cl2NO/c22-18-10-6-16(7-11-18)21(17-8-12-19(23)13-9-17)25-20(14-24)15-4-2-1-3-5-15/h1-13,20-21H,14,24H2. The van der Waals surface area contributed by atoms with Crippen LogP contribution in [0.15, 0.2) is 78.9 Å². The van der Waals surface area contributed by atoms with Crippen LogP contribution in [0.3, 0.4) is 0 Å². The van der Waals surface area contributed by atoms with E-state index in [9.17, 15) is 0 Å². The number of nitrogens with two attached hydrogens (primary N) is 1. The molecule has 2 nitrogen and oxygen atoms in total. The Hall–Kier alpha value is -1.84. The van der Waals surface area contributed by atoms with E-state index in [1.807, 2.05) is 78.9 Å². The maximum Gasteiger partial charge on any atom is 0.108 e. The average Bonchev–Trinajstić information content (AvgIpc) is 2.65. The highest BCUT2D eigenvalue weighted by molar-refractivity contribution is 6.30. The largest absolute Gasteiger partial charge is 0.360 e. The predicted octanol–water partition coefficient (Wildman–Crippen LogP) is 5.80. The topological polar surface area (TPSA) is 35.2 Å². The molecule has 128 valence electrons. The fourth-order valence-electron chi connectivity index (χ4n) is 2.73. The van der Waals surface area contributed by atoms with Crippen molar-refractivity contribution in [3.05, 3.63) is 106 Å². The lowest BCUT2D eigenvalue weighted by Gasteiger charge is -2.25. The molecule has 0 spiro atoms. The number of hydrogen-bond donors (Lipinski definition) is 1. The van der Waals surface area contributed by atoms with Crippen LogP contribution in [0.1, 0.15) is 28.9 Å². The molecule has 0 heterocycles. The summed E-state index contributed by atoms with van der Waals surface area (Å²) in [6, 6.07) is 25.4. The van der Waals surface area contributed by atoms with Gasteiger partial charge in [0, 0.05) is 16.6 Å². The van der Waals surface area contributed by atoms with Crippen molar-refractivity contribution in [1.82, 2.24) is 0 Å². The van der Waals surface area contributed by atoms with Crippen LogP contribution in [0.5, 0.6) is 0 Å². The third-order valence-corrected chi connectivity index (χ3v) is 4.54. The third kappa shape index (κ3) is 4.62. The first kappa shape index (κ1) is 18.0. The quantitative estimate of drug-likeness (QED) is 0.594. The summed E-state index contributed by atoms with van der Waals surface area (Å²) in [5.41, 5.74) is 9.07. The second kappa shape index (κ2) is 8.50. The number of halogens is 2. The molecule has 3 aromatic carbocycles. The lowest BCUT2D eigenvalue weighted by Crippen LogP contribution is -2.19. The Morgan fingerprint density at radius 2 is 1.16 bits per heavy atom. The van der Waals surface area contributed by atoms with Crippen molar-refractivity contribution in [2.45, 2.75) is 12.2 Å². The molecule has 0 bridgehead atoms. The first-order chi connectivity index (χ1) is 12.2. The highest BCUT2D eigenvalue weighted by Crippen LogP contribution is 2.33. The first-order valence-electron chi connectivity index (χ1n) is 8.09. The molecule has 0 saturated heterocycles. The summed E-state index contributed by atoms with van der Waals surface area (Å²) in [6.07, 6.45) is -0.471. The number of benzene rings is 3. The van der Waals surface area contributed by atoms with Gasteiger partial charge in [0.15, 0.2) is 0 Å². The highest BCUT2D eigenvalue weighted by Gasteiger charge is 2.21. The first-order valence-corrected chi connectivity index (χ1v) is 8.84. The summed E-state index contributed by atoms with van der Waals surface area (Å²) in [5.74, 6) is 0. The zero-order valence-corrected chi connectivity index (χ0v) is 15.1. The lowest BCUT2D eigenvalue weighted by atomic mass is 10.0. The normalized spacial score (nSPS) is 12.3. The third-order valence-electron chi connectivity index (χ3n) is 4.03. The van der Waals surface area contributed by atoms with Gasteiger partial charge in [-0.05, 0) is 41.0 Å². The Morgan fingerprint density at radius 3 is 1.60 bits per heavy atom. The van der Waals surface area contributed by atoms with Gasteiger partial charge in [0.2, 0.25) is 0 Å². The van der Waals surface area contributed by atoms with Crippen molar-refractivity contribution in [3.8, 4) is 0 Å². The molecule has 2 N–H and O–H groups in total. The summed E-state index contributed by atoms with van der Waals surface area (Å²) in [4.78, 5) is 0. The van der Waals surface area contributed by atoms with Gasteiger partial charge in [-0.15, -0.1) is 0 Å². The molecule has 0 aliphatic carbocycles. The molecule has 1 atom stereocenters. The minimum atomic E-state index is -0.261. The van der Waals surface area contributed by atoms with Gasteiger partial charge in [-0.25, -0.2) is 0 Å². The van der Waals surface area contributed by atoms with Gasteiger partial charge in [0.05, 0.1) is 6.10 Å². The molecule has 25 heavy (non-hydrogen) atoms. The van der Waals surface area contributed by atoms with Crippen LogP contribution in [0.25, 0.3) is 0 Å². The van der Waals surface area contributed by atoms with E-state index in [0.717, 1.165) is 16.7 Å². The Morgan fingerprint density at radius 1 is 0.680 bits per heavy atom. The van der Waals surface area contributed by atoms with Crippen LogP contribution in [0.4, 0.5) is 0 Å². The van der Waals surface area contributed by atoms with Gasteiger partial charge in [-0.2, -0.15) is 0 Å². The summed E-state index contributed by atoms with van der Waals surface area (Å²) in [7, 11) is 0. The summed E-state index contributed by atoms with van der Waals surface area (Å²) < 4.78 is 6.43. The molecule has 4 heteroatoms. The smallest absolute Gasteiger partial charge is 0.108 e. The molecule has 0 aromatic heterocycles. The molecule has 0 aliphatic heterocycles. The average molecular weight is 372 g/mol. The molecule has 0 fully saturated rings. The van der Waals surface area contributed by atoms with Crippen LogP contribution in [0, 0.1) is 0 Å². The summed E-state index contributed by atoms with van der Waals surface area (Å²) >= 11 is 12.1. The molecule has 0 radical (unpaired) electrons. The second-order valence-electron chi connectivity index (χ2n) is 5.75. The van der Waals surface area contributed by atoms with Crippen LogP contribution in [0.2, 0.25) is 10.0 Å². The van der Waals surface area contributed by atoms with Crippen molar-refractivity contribution < 1.29 is 4.74 Å². The second-order valence-corrected chi connectivity index (χ2v) is 6.63. The highest BCUT2D eigenvalue weighted by atomic mass is 35.5. The monoisotopic (exact) mass is 371 g/mol. The van der Waals surface area contributed by atoms with Crippen molar-refractivity contribution in [2.75, 3.05) is 6.54 Å². The number of ether oxygens (including phenoxy) is 1. The summed E-state index contributed by atoms with van der Waals surface area (Å²) in [5, 5.41) is 1.38. The molecule has 3 rings (SSSR count). The van der Waals surface area contributed by atoms with Crippen LogP contribution < -0.4 is 5.73 Å². The van der Waals surface area contributed by atoms with Crippen molar-refractivity contribution in [2.24, 2.45) is 5.73 Å². The van der Waals surface area contributed by atoms with Crippen LogP contribution in [-0.2, 0) is 4.74 Å². The van der Waals surface area contributed by atoms with Gasteiger partial charge in [-0.1, -0.05) is 77.8 Å². The van der Waals surface area contributed by atoms with Crippen LogP contribution >= 0.6 is 23.2 Å². The van der Waals surface area contributed by atoms with E-state index in [2.05, 4.69) is 0 Å². The Labute approximate surface area is 158 Å². The Bertz CT molecular complexity index is 743. The van der Waals surface area contributed by atoms with Crippen molar-refractivity contribution >= 4 is 23.2 Å². The minimum Gasteiger partial charge on any atom is -0.360 e. The predicted molar refractivity (Wildman–Crippen MR) is 104 cm³/mol. The van der Waals surface area contributed by atoms with Gasteiger partial charge >= 0.3 is 0 Å². The Balaban J connectivity index is 1.95. The fourth-order valence-corrected chi connectivity index (χ4v) is 2.98. The molecular weight excluding hydrogens is 353 g/mol. The van der Waals surface area contributed by atoms with Crippen molar-refractivity contribution in [1.29, 1.82) is 0 Å². The molecule has 1 unspecified atom stereocenters. The molecule has 0 saturated carbocycles. The van der Waals surface area contributed by atoms with Crippen molar-refractivity contribution in [3.63, 3.8) is 0 Å². The molecule has 0 aliphatic rings. The van der Waals surface area contributed by atoms with E-state index >= 15 is 0 Å². The van der Waals surface area contributed by atoms with Gasteiger partial charge in [0.1, 0.15) is 6.10 Å². The maximum absolute atomic E-state index is 6.43. The zero-order chi connectivity index (χ0) is 17.6. The van der Waals surface area contributed by atoms with Crippen LogP contribution in [-0.4, -0.2) is 6.54 Å². The van der Waals surface area contributed by atoms with E-state index in [1.54, 1.807) is 0 Å². The van der Waals surface area contributed by atoms with E-state index in [4.69, 9.17) is 33.7 Å². The maximum atomic E-state index is 6.43. The number of hydrogen-bond acceptors (Lipinski definition) is 2. The lowest BCUT2D eigenvalue weighted by molar-refractivity contribution is 0.0122. The fraction of sp³-hybridized carbons (Fsp3) is 0.143. The van der Waals surface area contributed by atoms with E-state index in [1.165, 1.54) is 0 Å². The van der Waals surface area contributed by atoms with Gasteiger partial charge in [-0.3, -0.25) is 0 Å². The molecular formula is C21H19Cl2NO. The SMILES string of the molecule is NCC(OC(c1ccc(Cl)cc1)c1ccc(Cl)cc1)c1ccccc1. The minimum absolute atomic E-state index is 0.211. The summed E-state index contributed by atoms with van der Waals surface area (Å²) in [6.45, 7) is 0.391. The van der Waals surface area contributed by atoms with E-state index in [-0.39, 0.29) is 12.2 Å². The van der Waals surface area contributed by atoms with E-state index < -0.39 is 0 Å².